The van der Waals surface area contributed by atoms with Crippen molar-refractivity contribution < 1.29 is 0 Å². The second kappa shape index (κ2) is 5.92. The summed E-state index contributed by atoms with van der Waals surface area (Å²) in [4.78, 5) is 9.26. The summed E-state index contributed by atoms with van der Waals surface area (Å²) in [6.45, 7) is 4.43. The molecule has 0 aliphatic carbocycles. The summed E-state index contributed by atoms with van der Waals surface area (Å²) >= 11 is 0. The lowest BCUT2D eigenvalue weighted by molar-refractivity contribution is 0.867. The molecule has 0 radical (unpaired) electrons. The van der Waals surface area contributed by atoms with Crippen LogP contribution in [0.3, 0.4) is 0 Å². The van der Waals surface area contributed by atoms with Crippen molar-refractivity contribution in [2.75, 3.05) is 0 Å². The maximum absolute atomic E-state index is 4.67. The lowest BCUT2D eigenvalue weighted by atomic mass is 9.99. The minimum Gasteiger partial charge on any atom is -0.328 e. The van der Waals surface area contributed by atoms with Crippen molar-refractivity contribution in [1.82, 2.24) is 14.5 Å². The van der Waals surface area contributed by atoms with Gasteiger partial charge >= 0.3 is 0 Å². The van der Waals surface area contributed by atoms with Gasteiger partial charge in [-0.3, -0.25) is 0 Å². The molecule has 132 valence electrons. The first-order valence-corrected chi connectivity index (χ1v) is 9.35. The Hall–Kier alpha value is -3.20. The molecule has 3 aromatic carbocycles. The fraction of sp³-hybridized carbons (Fsp3) is 0.167. The molecule has 2 aromatic heterocycles. The van der Waals surface area contributed by atoms with Gasteiger partial charge in [0.1, 0.15) is 12.0 Å². The van der Waals surface area contributed by atoms with Crippen LogP contribution in [-0.4, -0.2) is 14.5 Å². The van der Waals surface area contributed by atoms with Crippen LogP contribution in [0.25, 0.3) is 44.0 Å². The summed E-state index contributed by atoms with van der Waals surface area (Å²) < 4.78 is 2.17. The minimum atomic E-state index is 0.522. The van der Waals surface area contributed by atoms with Crippen molar-refractivity contribution in [2.45, 2.75) is 19.8 Å². The molecule has 0 bridgehead atoms. The van der Waals surface area contributed by atoms with Crippen LogP contribution in [-0.2, 0) is 7.05 Å². The number of benzene rings is 3. The molecule has 5 aromatic rings. The summed E-state index contributed by atoms with van der Waals surface area (Å²) in [5.41, 5.74) is 5.62. The molecule has 0 spiro atoms. The fourth-order valence-corrected chi connectivity index (χ4v) is 3.94. The molecule has 0 N–H and O–H groups in total. The van der Waals surface area contributed by atoms with Crippen LogP contribution in [0.4, 0.5) is 0 Å². The smallest absolute Gasteiger partial charge is 0.144 e. The lowest BCUT2D eigenvalue weighted by Gasteiger charge is -2.07. The largest absolute Gasteiger partial charge is 0.328 e. The lowest BCUT2D eigenvalue weighted by Crippen LogP contribution is -1.93. The molecule has 2 heterocycles. The van der Waals surface area contributed by atoms with E-state index in [-0.39, 0.29) is 0 Å². The third-order valence-corrected chi connectivity index (χ3v) is 5.49. The monoisotopic (exact) mass is 351 g/mol. The van der Waals surface area contributed by atoms with E-state index in [9.17, 15) is 0 Å². The van der Waals surface area contributed by atoms with E-state index in [0.29, 0.717) is 5.92 Å². The second-order valence-corrected chi connectivity index (χ2v) is 7.47. The number of rotatable bonds is 2. The third kappa shape index (κ3) is 2.42. The molecule has 3 heteroatoms. The van der Waals surface area contributed by atoms with Gasteiger partial charge in [0, 0.05) is 18.0 Å². The highest BCUT2D eigenvalue weighted by Gasteiger charge is 2.16. The molecule has 5 rings (SSSR count). The van der Waals surface area contributed by atoms with E-state index in [4.69, 9.17) is 0 Å². The number of fused-ring (bicyclic) bond motifs is 4. The zero-order valence-electron chi connectivity index (χ0n) is 15.8. The molecule has 0 atom stereocenters. The Balaban J connectivity index is 1.85. The van der Waals surface area contributed by atoms with Crippen LogP contribution >= 0.6 is 0 Å². The second-order valence-electron chi connectivity index (χ2n) is 7.47. The van der Waals surface area contributed by atoms with Crippen LogP contribution in [0, 0.1) is 0 Å². The van der Waals surface area contributed by atoms with E-state index in [1.54, 1.807) is 6.33 Å². The van der Waals surface area contributed by atoms with E-state index >= 15 is 0 Å². The van der Waals surface area contributed by atoms with E-state index in [0.717, 1.165) is 22.3 Å². The zero-order chi connectivity index (χ0) is 18.5. The Bertz CT molecular complexity index is 1290. The summed E-state index contributed by atoms with van der Waals surface area (Å²) in [6, 6.07) is 21.8. The quantitative estimate of drug-likeness (QED) is 0.387. The molecule has 0 saturated heterocycles. The predicted molar refractivity (Wildman–Crippen MR) is 113 cm³/mol. The number of aryl methyl sites for hydroxylation is 1. The van der Waals surface area contributed by atoms with Gasteiger partial charge < -0.3 is 4.57 Å². The minimum absolute atomic E-state index is 0.522. The van der Waals surface area contributed by atoms with Crippen LogP contribution in [0.5, 0.6) is 0 Å². The average molecular weight is 351 g/mol. The molecule has 0 aliphatic heterocycles. The van der Waals surface area contributed by atoms with Gasteiger partial charge in [-0.15, -0.1) is 0 Å². The van der Waals surface area contributed by atoms with E-state index in [1.807, 2.05) is 0 Å². The summed E-state index contributed by atoms with van der Waals surface area (Å²) in [6.07, 6.45) is 1.67. The van der Waals surface area contributed by atoms with Gasteiger partial charge in [-0.1, -0.05) is 62.4 Å². The van der Waals surface area contributed by atoms with Crippen molar-refractivity contribution in [1.29, 1.82) is 0 Å². The highest BCUT2D eigenvalue weighted by Crippen LogP contribution is 2.36. The van der Waals surface area contributed by atoms with Gasteiger partial charge in [0.05, 0.1) is 16.6 Å². The summed E-state index contributed by atoms with van der Waals surface area (Å²) in [5.74, 6) is 0.522. The Morgan fingerprint density at radius 1 is 0.852 bits per heavy atom. The summed E-state index contributed by atoms with van der Waals surface area (Å²) in [7, 11) is 2.08. The maximum Gasteiger partial charge on any atom is 0.144 e. The van der Waals surface area contributed by atoms with Gasteiger partial charge in [-0.2, -0.15) is 0 Å². The first kappa shape index (κ1) is 16.0. The molecular weight excluding hydrogens is 330 g/mol. The van der Waals surface area contributed by atoms with Crippen LogP contribution < -0.4 is 0 Å². The number of nitrogens with zero attached hydrogens (tertiary/aromatic N) is 3. The van der Waals surface area contributed by atoms with Gasteiger partial charge in [-0.05, 0) is 34.4 Å². The highest BCUT2D eigenvalue weighted by atomic mass is 15.0. The normalized spacial score (nSPS) is 11.9. The SMILES string of the molecule is CC(C)c1ccc(-c2ncnc3c2c2cc4ccccc4cc2n3C)cc1. The van der Waals surface area contributed by atoms with Crippen LogP contribution in [0.2, 0.25) is 0 Å². The van der Waals surface area contributed by atoms with Crippen molar-refractivity contribution in [3.05, 3.63) is 72.6 Å². The number of aromatic nitrogens is 3. The Kier molecular flexibility index (Phi) is 3.51. The van der Waals surface area contributed by atoms with Crippen molar-refractivity contribution in [2.24, 2.45) is 7.05 Å². The average Bonchev–Trinajstić information content (AvgIpc) is 2.98. The molecule has 0 unspecified atom stereocenters. The van der Waals surface area contributed by atoms with Gasteiger partial charge in [0.15, 0.2) is 0 Å². The van der Waals surface area contributed by atoms with Crippen LogP contribution in [0.15, 0.2) is 67.0 Å². The Morgan fingerprint density at radius 3 is 2.26 bits per heavy atom. The van der Waals surface area contributed by atoms with Crippen molar-refractivity contribution in [3.63, 3.8) is 0 Å². The maximum atomic E-state index is 4.67. The molecule has 0 amide bonds. The first-order chi connectivity index (χ1) is 13.1. The van der Waals surface area contributed by atoms with E-state index in [1.165, 1.54) is 27.2 Å². The summed E-state index contributed by atoms with van der Waals surface area (Å²) in [5, 5.41) is 4.81. The highest BCUT2D eigenvalue weighted by molar-refractivity contribution is 6.15. The van der Waals surface area contributed by atoms with Gasteiger partial charge in [-0.25, -0.2) is 9.97 Å². The molecule has 0 fully saturated rings. The molecular formula is C24H21N3. The van der Waals surface area contributed by atoms with Gasteiger partial charge in [0.2, 0.25) is 0 Å². The molecule has 0 aliphatic rings. The standard InChI is InChI=1S/C24H21N3/c1-15(2)16-8-10-17(11-9-16)23-22-20-12-18-6-4-5-7-19(18)13-21(20)27(3)24(22)26-14-25-23/h4-15H,1-3H3. The fourth-order valence-electron chi connectivity index (χ4n) is 3.94. The molecule has 3 nitrogen and oxygen atoms in total. The number of hydrogen-bond donors (Lipinski definition) is 0. The topological polar surface area (TPSA) is 30.7 Å². The van der Waals surface area contributed by atoms with Crippen LogP contribution in [0.1, 0.15) is 25.3 Å². The third-order valence-electron chi connectivity index (χ3n) is 5.49. The van der Waals surface area contributed by atoms with Gasteiger partial charge in [0.25, 0.3) is 0 Å². The van der Waals surface area contributed by atoms with E-state index < -0.39 is 0 Å². The van der Waals surface area contributed by atoms with Crippen molar-refractivity contribution in [3.8, 4) is 11.3 Å². The zero-order valence-corrected chi connectivity index (χ0v) is 15.8. The number of hydrogen-bond acceptors (Lipinski definition) is 2. The van der Waals surface area contributed by atoms with Crippen molar-refractivity contribution >= 4 is 32.7 Å². The van der Waals surface area contributed by atoms with E-state index in [2.05, 4.69) is 96.1 Å². The predicted octanol–water partition coefficient (Wildman–Crippen LogP) is 6.07. The molecule has 27 heavy (non-hydrogen) atoms. The molecule has 0 saturated carbocycles. The first-order valence-electron chi connectivity index (χ1n) is 9.35. The Morgan fingerprint density at radius 2 is 1.56 bits per heavy atom. The Labute approximate surface area is 158 Å².